The number of benzene rings is 1. The predicted octanol–water partition coefficient (Wildman–Crippen LogP) is 4.76. The topological polar surface area (TPSA) is 77.1 Å². The van der Waals surface area contributed by atoms with E-state index in [1.807, 2.05) is 51.1 Å². The molecule has 0 aliphatic carbocycles. The first-order valence-electron chi connectivity index (χ1n) is 9.44. The van der Waals surface area contributed by atoms with Crippen LogP contribution in [0.1, 0.15) is 21.8 Å². The highest BCUT2D eigenvalue weighted by atomic mass is 32.2. The fraction of sp³-hybridized carbons (Fsp3) is 0.227. The van der Waals surface area contributed by atoms with Gasteiger partial charge in [-0.15, -0.1) is 11.3 Å². The predicted molar refractivity (Wildman–Crippen MR) is 122 cm³/mol. The summed E-state index contributed by atoms with van der Waals surface area (Å²) >= 11 is 2.73. The highest BCUT2D eigenvalue weighted by Crippen LogP contribution is 2.25. The number of rotatable bonds is 6. The van der Waals surface area contributed by atoms with E-state index >= 15 is 0 Å². The van der Waals surface area contributed by atoms with Gasteiger partial charge >= 0.3 is 0 Å². The summed E-state index contributed by atoms with van der Waals surface area (Å²) in [6.45, 7) is 6.16. The lowest BCUT2D eigenvalue weighted by atomic mass is 10.1. The van der Waals surface area contributed by atoms with Gasteiger partial charge in [-0.3, -0.25) is 14.2 Å². The van der Waals surface area contributed by atoms with E-state index < -0.39 is 0 Å². The summed E-state index contributed by atoms with van der Waals surface area (Å²) in [6, 6.07) is 11.4. The maximum Gasteiger partial charge on any atom is 0.263 e. The minimum Gasteiger partial charge on any atom is -0.467 e. The van der Waals surface area contributed by atoms with E-state index in [0.717, 1.165) is 21.7 Å². The Morgan fingerprint density at radius 3 is 2.83 bits per heavy atom. The van der Waals surface area contributed by atoms with Crippen molar-refractivity contribution in [3.63, 3.8) is 0 Å². The van der Waals surface area contributed by atoms with Gasteiger partial charge in [-0.25, -0.2) is 4.98 Å². The Morgan fingerprint density at radius 1 is 1.23 bits per heavy atom. The molecule has 0 aliphatic heterocycles. The van der Waals surface area contributed by atoms with Crippen molar-refractivity contribution in [2.45, 2.75) is 32.5 Å². The van der Waals surface area contributed by atoms with Crippen LogP contribution in [0.15, 0.2) is 57.0 Å². The molecule has 0 saturated heterocycles. The summed E-state index contributed by atoms with van der Waals surface area (Å²) in [5.74, 6) is 0.662. The molecule has 1 N–H and O–H groups in total. The largest absolute Gasteiger partial charge is 0.467 e. The van der Waals surface area contributed by atoms with Gasteiger partial charge in [-0.2, -0.15) is 0 Å². The third kappa shape index (κ3) is 4.34. The van der Waals surface area contributed by atoms with Crippen molar-refractivity contribution in [2.75, 3.05) is 11.1 Å². The standard InChI is InChI=1S/C22H21N3O3S2/c1-13-6-7-14(2)18(9-13)23-19(26)12-29-22-24-20-17(10-15(3)30-20)21(27)25(22)11-16-5-4-8-28-16/h4-10H,11-12H2,1-3H3,(H,23,26). The summed E-state index contributed by atoms with van der Waals surface area (Å²) < 4.78 is 6.99. The molecule has 6 nitrogen and oxygen atoms in total. The quantitative estimate of drug-likeness (QED) is 0.346. The lowest BCUT2D eigenvalue weighted by Crippen LogP contribution is -2.24. The smallest absolute Gasteiger partial charge is 0.263 e. The van der Waals surface area contributed by atoms with Crippen molar-refractivity contribution >= 4 is 44.9 Å². The van der Waals surface area contributed by atoms with Crippen LogP contribution >= 0.6 is 23.1 Å². The van der Waals surface area contributed by atoms with E-state index in [4.69, 9.17) is 4.42 Å². The molecule has 4 aromatic rings. The molecule has 0 atom stereocenters. The summed E-state index contributed by atoms with van der Waals surface area (Å²) in [6.07, 6.45) is 1.57. The molecule has 0 saturated carbocycles. The molecular weight excluding hydrogens is 418 g/mol. The second kappa shape index (κ2) is 8.49. The summed E-state index contributed by atoms with van der Waals surface area (Å²) in [5.41, 5.74) is 2.75. The number of amides is 1. The van der Waals surface area contributed by atoms with Crippen molar-refractivity contribution in [3.05, 3.63) is 74.8 Å². The first-order valence-corrected chi connectivity index (χ1v) is 11.2. The molecule has 1 aromatic carbocycles. The van der Waals surface area contributed by atoms with Crippen LogP contribution in [0, 0.1) is 20.8 Å². The normalized spacial score (nSPS) is 11.2. The number of carbonyl (C=O) groups is 1. The van der Waals surface area contributed by atoms with Crippen molar-refractivity contribution in [1.29, 1.82) is 0 Å². The fourth-order valence-corrected chi connectivity index (χ4v) is 4.83. The third-order valence-electron chi connectivity index (χ3n) is 4.63. The number of aromatic nitrogens is 2. The SMILES string of the molecule is Cc1ccc(C)c(NC(=O)CSc2nc3sc(C)cc3c(=O)n2Cc2ccco2)c1. The van der Waals surface area contributed by atoms with Crippen LogP contribution in [-0.2, 0) is 11.3 Å². The molecule has 1 amide bonds. The van der Waals surface area contributed by atoms with Gasteiger partial charge in [0.2, 0.25) is 5.91 Å². The zero-order valence-corrected chi connectivity index (χ0v) is 18.5. The van der Waals surface area contributed by atoms with Gasteiger partial charge in [0.25, 0.3) is 5.56 Å². The number of furan rings is 1. The van der Waals surface area contributed by atoms with E-state index in [-0.39, 0.29) is 23.8 Å². The van der Waals surface area contributed by atoms with Crippen LogP contribution in [0.4, 0.5) is 5.69 Å². The maximum absolute atomic E-state index is 13.1. The van der Waals surface area contributed by atoms with Gasteiger partial charge in [0.1, 0.15) is 10.6 Å². The number of thioether (sulfide) groups is 1. The second-order valence-corrected chi connectivity index (χ2v) is 9.27. The summed E-state index contributed by atoms with van der Waals surface area (Å²) in [5, 5.41) is 4.04. The number of carbonyl (C=O) groups excluding carboxylic acids is 1. The van der Waals surface area contributed by atoms with Gasteiger partial charge in [0, 0.05) is 10.6 Å². The van der Waals surface area contributed by atoms with Crippen molar-refractivity contribution in [1.82, 2.24) is 9.55 Å². The van der Waals surface area contributed by atoms with E-state index in [2.05, 4.69) is 10.3 Å². The van der Waals surface area contributed by atoms with Crippen molar-refractivity contribution in [2.24, 2.45) is 0 Å². The van der Waals surface area contributed by atoms with Crippen LogP contribution in [0.25, 0.3) is 10.2 Å². The minimum absolute atomic E-state index is 0.127. The van der Waals surface area contributed by atoms with Crippen LogP contribution in [0.2, 0.25) is 0 Å². The Labute approximate surface area is 181 Å². The monoisotopic (exact) mass is 439 g/mol. The number of aryl methyl sites for hydroxylation is 3. The van der Waals surface area contributed by atoms with Gasteiger partial charge in [0.05, 0.1) is 23.9 Å². The van der Waals surface area contributed by atoms with Crippen LogP contribution in [-0.4, -0.2) is 21.2 Å². The summed E-state index contributed by atoms with van der Waals surface area (Å²) in [4.78, 5) is 32.0. The molecule has 0 bridgehead atoms. The fourth-order valence-electron chi connectivity index (χ4n) is 3.11. The number of hydrogen-bond donors (Lipinski definition) is 1. The highest BCUT2D eigenvalue weighted by molar-refractivity contribution is 7.99. The number of nitrogens with zero attached hydrogens (tertiary/aromatic N) is 2. The highest BCUT2D eigenvalue weighted by Gasteiger charge is 2.16. The zero-order valence-electron chi connectivity index (χ0n) is 16.9. The van der Waals surface area contributed by atoms with Gasteiger partial charge in [0.15, 0.2) is 5.16 Å². The average molecular weight is 440 g/mol. The molecule has 154 valence electrons. The van der Waals surface area contributed by atoms with Crippen LogP contribution < -0.4 is 10.9 Å². The Kier molecular flexibility index (Phi) is 5.78. The third-order valence-corrected chi connectivity index (χ3v) is 6.55. The molecule has 0 radical (unpaired) electrons. The van der Waals surface area contributed by atoms with E-state index in [0.29, 0.717) is 21.1 Å². The molecule has 30 heavy (non-hydrogen) atoms. The molecule has 3 heterocycles. The molecule has 8 heteroatoms. The first-order chi connectivity index (χ1) is 14.4. The van der Waals surface area contributed by atoms with Gasteiger partial charge < -0.3 is 9.73 Å². The molecule has 0 unspecified atom stereocenters. The number of anilines is 1. The lowest BCUT2D eigenvalue weighted by Gasteiger charge is -2.12. The molecule has 0 fully saturated rings. The van der Waals surface area contributed by atoms with E-state index in [1.54, 1.807) is 16.9 Å². The first kappa shape index (κ1) is 20.4. The van der Waals surface area contributed by atoms with Crippen LogP contribution in [0.3, 0.4) is 0 Å². The van der Waals surface area contributed by atoms with Crippen molar-refractivity contribution in [3.8, 4) is 0 Å². The Balaban J connectivity index is 1.60. The summed E-state index contributed by atoms with van der Waals surface area (Å²) in [7, 11) is 0. The molecule has 4 rings (SSSR count). The number of thiophene rings is 1. The Morgan fingerprint density at radius 2 is 2.07 bits per heavy atom. The Hall–Kier alpha value is -2.84. The van der Waals surface area contributed by atoms with E-state index in [9.17, 15) is 9.59 Å². The van der Waals surface area contributed by atoms with Crippen LogP contribution in [0.5, 0.6) is 0 Å². The minimum atomic E-state index is -0.144. The maximum atomic E-state index is 13.1. The number of hydrogen-bond acceptors (Lipinski definition) is 6. The second-order valence-electron chi connectivity index (χ2n) is 7.10. The zero-order chi connectivity index (χ0) is 21.3. The Bertz CT molecular complexity index is 1270. The van der Waals surface area contributed by atoms with Gasteiger partial charge in [-0.05, 0) is 56.2 Å². The number of fused-ring (bicyclic) bond motifs is 1. The molecule has 0 spiro atoms. The molecule has 3 aromatic heterocycles. The van der Waals surface area contributed by atoms with Gasteiger partial charge in [-0.1, -0.05) is 23.9 Å². The molecular formula is C22H21N3O3S2. The number of nitrogens with one attached hydrogen (secondary N) is 1. The van der Waals surface area contributed by atoms with E-state index in [1.165, 1.54) is 23.1 Å². The lowest BCUT2D eigenvalue weighted by molar-refractivity contribution is -0.113. The molecule has 0 aliphatic rings. The van der Waals surface area contributed by atoms with Crippen molar-refractivity contribution < 1.29 is 9.21 Å². The average Bonchev–Trinajstić information content (AvgIpc) is 3.35.